The van der Waals surface area contributed by atoms with Crippen molar-refractivity contribution < 1.29 is 41.3 Å². The third-order valence-corrected chi connectivity index (χ3v) is 8.51. The molecule has 28 heavy (non-hydrogen) atoms. The Bertz CT molecular complexity index is 704. The summed E-state index contributed by atoms with van der Waals surface area (Å²) >= 11 is 0. The van der Waals surface area contributed by atoms with Crippen LogP contribution >= 0.6 is 0 Å². The molecule has 3 atom stereocenters. The lowest BCUT2D eigenvalue weighted by Gasteiger charge is -2.38. The van der Waals surface area contributed by atoms with Crippen molar-refractivity contribution in [3.05, 3.63) is 0 Å². The molecule has 0 radical (unpaired) electrons. The maximum atomic E-state index is 13.5. The summed E-state index contributed by atoms with van der Waals surface area (Å²) in [4.78, 5) is 12.3. The van der Waals surface area contributed by atoms with Crippen LogP contribution in [0.15, 0.2) is 0 Å². The zero-order valence-electron chi connectivity index (χ0n) is 15.4. The highest BCUT2D eigenvalue weighted by molar-refractivity contribution is 7.90. The van der Waals surface area contributed by atoms with Gasteiger partial charge in [-0.2, -0.15) is 17.5 Å². The van der Waals surface area contributed by atoms with Gasteiger partial charge in [0.2, 0.25) is 10.0 Å². The fourth-order valence-electron chi connectivity index (χ4n) is 4.21. The van der Waals surface area contributed by atoms with Crippen molar-refractivity contribution in [3.63, 3.8) is 0 Å². The van der Waals surface area contributed by atoms with Crippen LogP contribution in [-0.4, -0.2) is 89.8 Å². The van der Waals surface area contributed by atoms with Gasteiger partial charge in [0.05, 0.1) is 29.6 Å². The van der Waals surface area contributed by atoms with Crippen LogP contribution in [0.4, 0.5) is 18.0 Å². The number of likely N-dealkylation sites (tertiary alicyclic amines) is 1. The predicted octanol–water partition coefficient (Wildman–Crippen LogP) is 1.25. The Kier molecular flexibility index (Phi) is 5.63. The van der Waals surface area contributed by atoms with Gasteiger partial charge in [0.25, 0.3) is 0 Å². The quantitative estimate of drug-likeness (QED) is 0.680. The Morgan fingerprint density at radius 1 is 1.32 bits per heavy atom. The number of rotatable bonds is 5. The summed E-state index contributed by atoms with van der Waals surface area (Å²) < 4.78 is 72.6. The number of hydrogen-bond acceptors (Lipinski definition) is 5. The molecule has 3 aliphatic rings. The Hall–Kier alpha value is -1.11. The van der Waals surface area contributed by atoms with Crippen LogP contribution in [0.25, 0.3) is 0 Å². The largest absolute Gasteiger partial charge is 0.465 e. The van der Waals surface area contributed by atoms with Gasteiger partial charge < -0.3 is 19.8 Å². The predicted molar refractivity (Wildman–Crippen MR) is 91.2 cm³/mol. The third-order valence-electron chi connectivity index (χ3n) is 6.12. The molecule has 1 amide bonds. The van der Waals surface area contributed by atoms with Gasteiger partial charge in [-0.1, -0.05) is 0 Å². The van der Waals surface area contributed by atoms with E-state index in [4.69, 9.17) is 9.84 Å². The first-order valence-corrected chi connectivity index (χ1v) is 10.7. The van der Waals surface area contributed by atoms with Gasteiger partial charge in [0.1, 0.15) is 5.92 Å². The van der Waals surface area contributed by atoms with E-state index in [0.717, 1.165) is 9.21 Å². The highest BCUT2D eigenvalue weighted by Gasteiger charge is 2.59. The zero-order valence-corrected chi connectivity index (χ0v) is 16.2. The Morgan fingerprint density at radius 3 is 2.32 bits per heavy atom. The molecule has 0 bridgehead atoms. The van der Waals surface area contributed by atoms with Crippen LogP contribution in [0, 0.1) is 5.92 Å². The lowest BCUT2D eigenvalue weighted by molar-refractivity contribution is -0.226. The van der Waals surface area contributed by atoms with Gasteiger partial charge in [0, 0.05) is 20.1 Å². The monoisotopic (exact) mass is 430 g/mol. The van der Waals surface area contributed by atoms with E-state index in [0.29, 0.717) is 12.8 Å². The molecule has 3 rings (SSSR count). The smallest absolute Gasteiger partial charge is 0.407 e. The fraction of sp³-hybridized carbons (Fsp3) is 0.938. The van der Waals surface area contributed by atoms with Crippen LogP contribution < -0.4 is 0 Å². The number of ether oxygens (including phenoxy) is 1. The second-order valence-corrected chi connectivity index (χ2v) is 10.2. The van der Waals surface area contributed by atoms with Gasteiger partial charge >= 0.3 is 12.3 Å². The van der Waals surface area contributed by atoms with Crippen molar-refractivity contribution in [1.82, 2.24) is 9.21 Å². The highest BCUT2D eigenvalue weighted by atomic mass is 32.2. The molecular formula is C16H25F3N2O6S. The number of amides is 1. The number of sulfonamides is 1. The average molecular weight is 430 g/mol. The van der Waals surface area contributed by atoms with Crippen molar-refractivity contribution >= 4 is 16.1 Å². The van der Waals surface area contributed by atoms with Gasteiger partial charge in [-0.3, -0.25) is 0 Å². The van der Waals surface area contributed by atoms with E-state index in [9.17, 15) is 31.5 Å². The molecule has 0 aromatic heterocycles. The first-order valence-electron chi connectivity index (χ1n) is 9.21. The molecule has 2 aliphatic heterocycles. The van der Waals surface area contributed by atoms with Crippen molar-refractivity contribution in [2.75, 3.05) is 26.7 Å². The summed E-state index contributed by atoms with van der Waals surface area (Å²) in [6, 6.07) is -1.07. The lowest BCUT2D eigenvalue weighted by Crippen LogP contribution is -2.50. The normalized spacial score (nSPS) is 29.4. The van der Waals surface area contributed by atoms with Crippen LogP contribution in [0.2, 0.25) is 0 Å². The Balaban J connectivity index is 1.87. The first-order chi connectivity index (χ1) is 12.9. The molecule has 8 nitrogen and oxygen atoms in total. The van der Waals surface area contributed by atoms with E-state index in [1.807, 2.05) is 0 Å². The Labute approximate surface area is 161 Å². The van der Waals surface area contributed by atoms with E-state index in [1.165, 1.54) is 7.05 Å². The molecule has 1 spiro atoms. The minimum Gasteiger partial charge on any atom is -0.465 e. The van der Waals surface area contributed by atoms with Crippen molar-refractivity contribution in [3.8, 4) is 0 Å². The maximum absolute atomic E-state index is 13.5. The molecule has 1 saturated carbocycles. The summed E-state index contributed by atoms with van der Waals surface area (Å²) in [6.07, 6.45) is -6.05. The number of carbonyl (C=O) groups is 1. The standard InChI is InChI=1S/C16H25F3N2O6S/c1-20(28(25,26)10-2-3-10)12-8-15(4-6-21(7-5-15)14(23)24)27-13(12)11(9-22)16(17,18)19/h10-13,22H,2-9H2,1H3,(H,23,24)/t11?,12-,13+/m0/s1. The summed E-state index contributed by atoms with van der Waals surface area (Å²) in [5, 5.41) is 17.9. The molecule has 0 aromatic rings. The van der Waals surface area contributed by atoms with Crippen LogP contribution in [0.1, 0.15) is 32.1 Å². The number of hydrogen-bond donors (Lipinski definition) is 2. The number of aliphatic hydroxyl groups excluding tert-OH is 1. The van der Waals surface area contributed by atoms with Crippen molar-refractivity contribution in [2.45, 2.75) is 61.3 Å². The van der Waals surface area contributed by atoms with E-state index >= 15 is 0 Å². The fourth-order valence-corrected chi connectivity index (χ4v) is 5.98. The molecule has 3 fully saturated rings. The number of carboxylic acid groups (broad SMARTS) is 1. The van der Waals surface area contributed by atoms with E-state index in [-0.39, 0.29) is 32.4 Å². The van der Waals surface area contributed by atoms with E-state index in [1.54, 1.807) is 0 Å². The number of alkyl halides is 3. The number of likely N-dealkylation sites (N-methyl/N-ethyl adjacent to an activating group) is 1. The number of nitrogens with zero attached hydrogens (tertiary/aromatic N) is 2. The summed E-state index contributed by atoms with van der Waals surface area (Å²) in [5.41, 5.74) is -1.03. The highest BCUT2D eigenvalue weighted by Crippen LogP contribution is 2.47. The molecular weight excluding hydrogens is 405 g/mol. The third kappa shape index (κ3) is 3.96. The molecule has 1 unspecified atom stereocenters. The van der Waals surface area contributed by atoms with E-state index < -0.39 is 57.8 Å². The second kappa shape index (κ2) is 7.29. The Morgan fingerprint density at radius 2 is 1.89 bits per heavy atom. The number of aliphatic hydroxyl groups is 1. The topological polar surface area (TPSA) is 107 Å². The average Bonchev–Trinajstić information content (AvgIpc) is 3.39. The van der Waals surface area contributed by atoms with Gasteiger partial charge in [-0.25, -0.2) is 13.2 Å². The zero-order chi connectivity index (χ0) is 20.9. The van der Waals surface area contributed by atoms with Gasteiger partial charge in [0.15, 0.2) is 0 Å². The van der Waals surface area contributed by atoms with Crippen LogP contribution in [-0.2, 0) is 14.8 Å². The molecule has 2 N–H and O–H groups in total. The molecule has 162 valence electrons. The van der Waals surface area contributed by atoms with Gasteiger partial charge in [-0.15, -0.1) is 0 Å². The summed E-state index contributed by atoms with van der Waals surface area (Å²) in [5.74, 6) is -2.22. The minimum atomic E-state index is -4.75. The van der Waals surface area contributed by atoms with Crippen molar-refractivity contribution in [2.24, 2.45) is 5.92 Å². The van der Waals surface area contributed by atoms with Crippen LogP contribution in [0.3, 0.4) is 0 Å². The van der Waals surface area contributed by atoms with Crippen molar-refractivity contribution in [1.29, 1.82) is 0 Å². The number of halogens is 3. The number of piperidine rings is 1. The lowest BCUT2D eigenvalue weighted by atomic mass is 9.86. The molecule has 2 saturated heterocycles. The maximum Gasteiger partial charge on any atom is 0.407 e. The SMILES string of the molecule is CN([C@H]1CC2(CCN(C(=O)O)CC2)O[C@@H]1C(CO)C(F)(F)F)S(=O)(=O)C1CC1. The van der Waals surface area contributed by atoms with Crippen LogP contribution in [0.5, 0.6) is 0 Å². The summed E-state index contributed by atoms with van der Waals surface area (Å²) in [7, 11) is -2.48. The second-order valence-electron chi connectivity index (χ2n) is 7.90. The first kappa shape index (κ1) is 21.6. The molecule has 0 aromatic carbocycles. The molecule has 2 heterocycles. The summed E-state index contributed by atoms with van der Waals surface area (Å²) in [6.45, 7) is -1.01. The molecule has 12 heteroatoms. The van der Waals surface area contributed by atoms with Gasteiger partial charge in [-0.05, 0) is 32.1 Å². The van der Waals surface area contributed by atoms with E-state index in [2.05, 4.69) is 0 Å². The minimum absolute atomic E-state index is 0.0418. The molecule has 1 aliphatic carbocycles.